The minimum absolute atomic E-state index is 0.784. The Bertz CT molecular complexity index is 1820. The summed E-state index contributed by atoms with van der Waals surface area (Å²) in [7, 11) is 0. The lowest BCUT2D eigenvalue weighted by Crippen LogP contribution is -1.83. The van der Waals surface area contributed by atoms with Crippen molar-refractivity contribution in [3.8, 4) is 22.3 Å². The Labute approximate surface area is 194 Å². The number of rotatable bonds is 2. The molecular formula is C30H19NOS. The fourth-order valence-corrected chi connectivity index (χ4v) is 5.78. The highest BCUT2D eigenvalue weighted by atomic mass is 32.1. The lowest BCUT2D eigenvalue weighted by molar-refractivity contribution is 0.669. The second-order valence-electron chi connectivity index (χ2n) is 8.46. The smallest absolute Gasteiger partial charge is 0.136 e. The Hall–Kier alpha value is -4.08. The summed E-state index contributed by atoms with van der Waals surface area (Å²) in [6.07, 6.45) is 0. The predicted octanol–water partition coefficient (Wildman–Crippen LogP) is 8.87. The van der Waals surface area contributed by atoms with Crippen molar-refractivity contribution in [1.82, 2.24) is 0 Å². The van der Waals surface area contributed by atoms with Crippen LogP contribution in [-0.2, 0) is 0 Å². The summed E-state index contributed by atoms with van der Waals surface area (Å²) in [6, 6.07) is 36.3. The van der Waals surface area contributed by atoms with Gasteiger partial charge in [0.15, 0.2) is 0 Å². The van der Waals surface area contributed by atoms with Crippen LogP contribution in [0.15, 0.2) is 108 Å². The van der Waals surface area contributed by atoms with Crippen molar-refractivity contribution in [2.75, 3.05) is 5.73 Å². The summed E-state index contributed by atoms with van der Waals surface area (Å²) in [5.74, 6) is 0. The van der Waals surface area contributed by atoms with Crippen LogP contribution >= 0.6 is 11.3 Å². The molecule has 0 aliphatic heterocycles. The van der Waals surface area contributed by atoms with Gasteiger partial charge in [0.05, 0.1) is 0 Å². The van der Waals surface area contributed by atoms with Gasteiger partial charge in [-0.25, -0.2) is 0 Å². The Morgan fingerprint density at radius 1 is 0.485 bits per heavy atom. The number of benzene rings is 5. The molecule has 2 nitrogen and oxygen atoms in total. The molecule has 0 amide bonds. The minimum Gasteiger partial charge on any atom is -0.456 e. The van der Waals surface area contributed by atoms with Crippen LogP contribution in [-0.4, -0.2) is 0 Å². The molecule has 7 aromatic rings. The number of hydrogen-bond donors (Lipinski definition) is 1. The van der Waals surface area contributed by atoms with Crippen molar-refractivity contribution in [1.29, 1.82) is 0 Å². The van der Waals surface area contributed by atoms with E-state index in [1.807, 2.05) is 35.6 Å². The van der Waals surface area contributed by atoms with Gasteiger partial charge in [-0.1, -0.05) is 48.5 Å². The van der Waals surface area contributed by atoms with Crippen molar-refractivity contribution in [2.45, 2.75) is 0 Å². The highest BCUT2D eigenvalue weighted by Gasteiger charge is 2.11. The Morgan fingerprint density at radius 2 is 1.06 bits per heavy atom. The van der Waals surface area contributed by atoms with Gasteiger partial charge in [-0.2, -0.15) is 0 Å². The molecule has 2 heterocycles. The Balaban J connectivity index is 1.39. The first-order chi connectivity index (χ1) is 16.2. The van der Waals surface area contributed by atoms with Gasteiger partial charge in [0.2, 0.25) is 0 Å². The second-order valence-corrected chi connectivity index (χ2v) is 9.54. The van der Waals surface area contributed by atoms with Gasteiger partial charge in [0, 0.05) is 36.6 Å². The molecule has 33 heavy (non-hydrogen) atoms. The molecule has 156 valence electrons. The standard InChI is InChI=1S/C30H19NOS/c31-22-10-5-18(6-11-22)19-8-13-29-25(15-19)26-16-20(9-14-30(26)33-29)21-7-12-24-23-3-1-2-4-27(23)32-28(24)17-21/h1-17H,31H2. The summed E-state index contributed by atoms with van der Waals surface area (Å²) in [6.45, 7) is 0. The van der Waals surface area contributed by atoms with E-state index in [1.54, 1.807) is 0 Å². The van der Waals surface area contributed by atoms with Gasteiger partial charge in [-0.05, 0) is 76.9 Å². The lowest BCUT2D eigenvalue weighted by Gasteiger charge is -2.04. The molecule has 7 rings (SSSR count). The van der Waals surface area contributed by atoms with Gasteiger partial charge in [0.1, 0.15) is 11.2 Å². The first-order valence-corrected chi connectivity index (χ1v) is 11.8. The molecule has 2 N–H and O–H groups in total. The maximum atomic E-state index is 6.12. The van der Waals surface area contributed by atoms with Crippen LogP contribution in [0.5, 0.6) is 0 Å². The number of furan rings is 1. The number of hydrogen-bond acceptors (Lipinski definition) is 3. The van der Waals surface area contributed by atoms with E-state index in [9.17, 15) is 0 Å². The maximum Gasteiger partial charge on any atom is 0.136 e. The highest BCUT2D eigenvalue weighted by molar-refractivity contribution is 7.25. The van der Waals surface area contributed by atoms with Crippen LogP contribution in [0.3, 0.4) is 0 Å². The third-order valence-electron chi connectivity index (χ3n) is 6.43. The van der Waals surface area contributed by atoms with E-state index in [-0.39, 0.29) is 0 Å². The number of para-hydroxylation sites is 1. The van der Waals surface area contributed by atoms with Gasteiger partial charge >= 0.3 is 0 Å². The first-order valence-electron chi connectivity index (χ1n) is 11.0. The molecule has 5 aromatic carbocycles. The highest BCUT2D eigenvalue weighted by Crippen LogP contribution is 2.39. The predicted molar refractivity (Wildman–Crippen MR) is 142 cm³/mol. The third-order valence-corrected chi connectivity index (χ3v) is 7.58. The van der Waals surface area contributed by atoms with Crippen molar-refractivity contribution in [2.24, 2.45) is 0 Å². The van der Waals surface area contributed by atoms with E-state index in [4.69, 9.17) is 10.2 Å². The van der Waals surface area contributed by atoms with E-state index < -0.39 is 0 Å². The van der Waals surface area contributed by atoms with Crippen molar-refractivity contribution in [3.05, 3.63) is 103 Å². The summed E-state index contributed by atoms with van der Waals surface area (Å²) in [5, 5.41) is 4.89. The first kappa shape index (κ1) is 18.5. The lowest BCUT2D eigenvalue weighted by atomic mass is 9.99. The number of thiophene rings is 1. The molecule has 0 bridgehead atoms. The number of nitrogen functional groups attached to an aromatic ring is 1. The zero-order valence-corrected chi connectivity index (χ0v) is 18.5. The molecule has 0 atom stereocenters. The maximum absolute atomic E-state index is 6.12. The SMILES string of the molecule is Nc1ccc(-c2ccc3sc4ccc(-c5ccc6c(c5)oc5ccccc56)cc4c3c2)cc1. The number of anilines is 1. The van der Waals surface area contributed by atoms with E-state index in [2.05, 4.69) is 78.9 Å². The molecule has 3 heteroatoms. The average molecular weight is 442 g/mol. The van der Waals surface area contributed by atoms with E-state index in [1.165, 1.54) is 36.9 Å². The molecule has 0 radical (unpaired) electrons. The van der Waals surface area contributed by atoms with E-state index >= 15 is 0 Å². The van der Waals surface area contributed by atoms with E-state index in [0.717, 1.165) is 33.2 Å². The molecular weight excluding hydrogens is 422 g/mol. The summed E-state index contributed by atoms with van der Waals surface area (Å²) >= 11 is 1.84. The Kier molecular flexibility index (Phi) is 3.90. The van der Waals surface area contributed by atoms with Crippen molar-refractivity contribution in [3.63, 3.8) is 0 Å². The molecule has 0 saturated carbocycles. The van der Waals surface area contributed by atoms with Crippen LogP contribution in [0, 0.1) is 0 Å². The molecule has 2 aromatic heterocycles. The van der Waals surface area contributed by atoms with Crippen LogP contribution in [0.1, 0.15) is 0 Å². The molecule has 0 spiro atoms. The second kappa shape index (κ2) is 6.96. The van der Waals surface area contributed by atoms with Gasteiger partial charge in [0.25, 0.3) is 0 Å². The average Bonchev–Trinajstić information content (AvgIpc) is 3.41. The van der Waals surface area contributed by atoms with Crippen LogP contribution in [0.2, 0.25) is 0 Å². The fraction of sp³-hybridized carbons (Fsp3) is 0. The van der Waals surface area contributed by atoms with Crippen LogP contribution < -0.4 is 5.73 Å². The monoisotopic (exact) mass is 441 g/mol. The quantitative estimate of drug-likeness (QED) is 0.272. The third kappa shape index (κ3) is 2.94. The minimum atomic E-state index is 0.784. The van der Waals surface area contributed by atoms with Gasteiger partial charge < -0.3 is 10.2 Å². The largest absolute Gasteiger partial charge is 0.456 e. The van der Waals surface area contributed by atoms with Crippen LogP contribution in [0.4, 0.5) is 5.69 Å². The molecule has 0 unspecified atom stereocenters. The van der Waals surface area contributed by atoms with Crippen LogP contribution in [0.25, 0.3) is 64.4 Å². The van der Waals surface area contributed by atoms with Gasteiger partial charge in [-0.3, -0.25) is 0 Å². The molecule has 0 fully saturated rings. The molecule has 0 aliphatic carbocycles. The topological polar surface area (TPSA) is 39.2 Å². The summed E-state index contributed by atoms with van der Waals surface area (Å²) in [5.41, 5.74) is 13.3. The normalized spacial score (nSPS) is 11.8. The number of fused-ring (bicyclic) bond motifs is 6. The zero-order chi connectivity index (χ0) is 21.9. The fourth-order valence-electron chi connectivity index (χ4n) is 4.72. The summed E-state index contributed by atoms with van der Waals surface area (Å²) < 4.78 is 8.72. The van der Waals surface area contributed by atoms with E-state index in [0.29, 0.717) is 0 Å². The van der Waals surface area contributed by atoms with Crippen molar-refractivity contribution < 1.29 is 4.42 Å². The van der Waals surface area contributed by atoms with Gasteiger partial charge in [-0.15, -0.1) is 11.3 Å². The molecule has 0 saturated heterocycles. The zero-order valence-electron chi connectivity index (χ0n) is 17.7. The Morgan fingerprint density at radius 3 is 1.82 bits per heavy atom. The number of nitrogens with two attached hydrogens (primary N) is 1. The summed E-state index contributed by atoms with van der Waals surface area (Å²) in [4.78, 5) is 0. The molecule has 0 aliphatic rings. The van der Waals surface area contributed by atoms with Crippen molar-refractivity contribution >= 4 is 59.1 Å².